The summed E-state index contributed by atoms with van der Waals surface area (Å²) < 4.78 is 47.6. The molecule has 9 heteroatoms. The van der Waals surface area contributed by atoms with E-state index in [9.17, 15) is 13.0 Å². The van der Waals surface area contributed by atoms with Crippen molar-refractivity contribution in [2.45, 2.75) is 45.2 Å². The zero-order valence-corrected chi connectivity index (χ0v) is 16.4. The van der Waals surface area contributed by atoms with Crippen molar-refractivity contribution < 1.29 is 22.0 Å². The highest BCUT2D eigenvalue weighted by Crippen LogP contribution is 2.53. The van der Waals surface area contributed by atoms with Gasteiger partial charge in [0.2, 0.25) is 0 Å². The Balaban J connectivity index is 2.95. The molecule has 24 heavy (non-hydrogen) atoms. The summed E-state index contributed by atoms with van der Waals surface area (Å²) in [6.45, 7) is 8.95. The van der Waals surface area contributed by atoms with Gasteiger partial charge in [-0.25, -0.2) is 4.83 Å². The molecular weight excluding hydrogens is 351 g/mol. The number of aryl methyl sites for hydroxylation is 1. The van der Waals surface area contributed by atoms with E-state index in [1.165, 1.54) is 12.1 Å². The molecule has 0 fully saturated rings. The van der Waals surface area contributed by atoms with Crippen LogP contribution >= 0.6 is 7.60 Å². The fraction of sp³-hybridized carbons (Fsp3) is 0.533. The summed E-state index contributed by atoms with van der Waals surface area (Å²) in [5.41, 5.74) is 0.602. The van der Waals surface area contributed by atoms with Crippen LogP contribution in [0.25, 0.3) is 0 Å². The van der Waals surface area contributed by atoms with Crippen LogP contribution in [0.15, 0.2) is 34.3 Å². The van der Waals surface area contributed by atoms with E-state index in [0.29, 0.717) is 5.71 Å². The molecule has 0 heterocycles. The average Bonchev–Trinajstić information content (AvgIpc) is 2.53. The summed E-state index contributed by atoms with van der Waals surface area (Å²) in [5, 5.41) is 3.87. The summed E-state index contributed by atoms with van der Waals surface area (Å²) in [6, 6.07) is 6.40. The quantitative estimate of drug-likeness (QED) is 0.405. The van der Waals surface area contributed by atoms with Gasteiger partial charge in [0.15, 0.2) is 0 Å². The van der Waals surface area contributed by atoms with Gasteiger partial charge in [0.05, 0.1) is 29.5 Å². The van der Waals surface area contributed by atoms with Crippen molar-refractivity contribution in [2.75, 3.05) is 13.2 Å². The lowest BCUT2D eigenvalue weighted by molar-refractivity contribution is 0.218. The van der Waals surface area contributed by atoms with Crippen molar-refractivity contribution in [3.8, 4) is 0 Å². The first-order valence-corrected chi connectivity index (χ1v) is 10.8. The van der Waals surface area contributed by atoms with Gasteiger partial charge in [0, 0.05) is 0 Å². The smallest absolute Gasteiger partial charge is 0.308 e. The predicted octanol–water partition coefficient (Wildman–Crippen LogP) is 3.30. The second-order valence-electron chi connectivity index (χ2n) is 5.21. The van der Waals surface area contributed by atoms with Gasteiger partial charge in [-0.05, 0) is 46.8 Å². The monoisotopic (exact) mass is 376 g/mol. The van der Waals surface area contributed by atoms with Crippen molar-refractivity contribution in [3.05, 3.63) is 29.8 Å². The third-order valence-electron chi connectivity index (χ3n) is 3.37. The highest BCUT2D eigenvalue weighted by atomic mass is 32.2. The Morgan fingerprint density at radius 2 is 1.71 bits per heavy atom. The van der Waals surface area contributed by atoms with E-state index in [2.05, 4.69) is 9.93 Å². The lowest BCUT2D eigenvalue weighted by atomic mass is 10.2. The summed E-state index contributed by atoms with van der Waals surface area (Å²) in [5.74, 6) is 0. The first-order valence-electron chi connectivity index (χ1n) is 7.67. The van der Waals surface area contributed by atoms with Crippen LogP contribution in [0, 0.1) is 6.92 Å². The highest BCUT2D eigenvalue weighted by Gasteiger charge is 2.34. The Morgan fingerprint density at radius 3 is 2.17 bits per heavy atom. The maximum Gasteiger partial charge on any atom is 0.339 e. The first kappa shape index (κ1) is 20.8. The van der Waals surface area contributed by atoms with Crippen molar-refractivity contribution >= 4 is 23.3 Å². The number of hydrogen-bond donors (Lipinski definition) is 1. The molecule has 0 bridgehead atoms. The van der Waals surface area contributed by atoms with Gasteiger partial charge in [-0.2, -0.15) is 13.5 Å². The SMILES string of the molecule is CCOP(=O)(OCC)C(C)/C(C)=N/NS(=O)(=O)c1ccc(C)cc1. The molecule has 136 valence electrons. The third kappa shape index (κ3) is 5.41. The van der Waals surface area contributed by atoms with Crippen LogP contribution in [0.2, 0.25) is 0 Å². The van der Waals surface area contributed by atoms with Crippen LogP contribution in [-0.2, 0) is 23.6 Å². The lowest BCUT2D eigenvalue weighted by Crippen LogP contribution is -2.24. The zero-order chi connectivity index (χ0) is 18.4. The number of nitrogens with one attached hydrogen (secondary N) is 1. The van der Waals surface area contributed by atoms with Crippen molar-refractivity contribution in [1.29, 1.82) is 0 Å². The van der Waals surface area contributed by atoms with Gasteiger partial charge in [0.25, 0.3) is 10.0 Å². The van der Waals surface area contributed by atoms with Gasteiger partial charge < -0.3 is 9.05 Å². The van der Waals surface area contributed by atoms with Crippen LogP contribution in [0.4, 0.5) is 0 Å². The van der Waals surface area contributed by atoms with Crippen molar-refractivity contribution in [2.24, 2.45) is 5.10 Å². The third-order valence-corrected chi connectivity index (χ3v) is 7.15. The minimum absolute atomic E-state index is 0.107. The molecule has 0 spiro atoms. The molecule has 1 unspecified atom stereocenters. The molecule has 0 saturated heterocycles. The fourth-order valence-electron chi connectivity index (χ4n) is 1.85. The van der Waals surface area contributed by atoms with E-state index >= 15 is 0 Å². The Hall–Kier alpha value is -1.21. The predicted molar refractivity (Wildman–Crippen MR) is 94.9 cm³/mol. The molecular formula is C15H25N2O5PS. The molecule has 1 aromatic carbocycles. The summed E-state index contributed by atoms with van der Waals surface area (Å²) >= 11 is 0. The number of nitrogens with zero attached hydrogens (tertiary/aromatic N) is 1. The molecule has 1 aromatic rings. The standard InChI is InChI=1S/C15H25N2O5PS/c1-6-21-23(18,22-7-2)14(5)13(4)16-17-24(19,20)15-10-8-12(3)9-11-15/h8-11,14,17H,6-7H2,1-5H3/b16-13+. The highest BCUT2D eigenvalue weighted by molar-refractivity contribution is 7.89. The van der Waals surface area contributed by atoms with Crippen LogP contribution in [0.3, 0.4) is 0 Å². The summed E-state index contributed by atoms with van der Waals surface area (Å²) in [7, 11) is -7.18. The molecule has 0 amide bonds. The number of hydrogen-bond acceptors (Lipinski definition) is 6. The van der Waals surface area contributed by atoms with Gasteiger partial charge in [-0.1, -0.05) is 17.7 Å². The van der Waals surface area contributed by atoms with E-state index < -0.39 is 23.3 Å². The topological polar surface area (TPSA) is 94.1 Å². The minimum atomic E-state index is -3.78. The number of sulfonamides is 1. The molecule has 1 N–H and O–H groups in total. The molecule has 0 aromatic heterocycles. The minimum Gasteiger partial charge on any atom is -0.308 e. The van der Waals surface area contributed by atoms with Crippen LogP contribution in [0.1, 0.15) is 33.3 Å². The maximum atomic E-state index is 12.7. The number of rotatable bonds is 9. The van der Waals surface area contributed by atoms with Gasteiger partial charge in [0.1, 0.15) is 0 Å². The van der Waals surface area contributed by atoms with E-state index in [1.54, 1.807) is 39.8 Å². The van der Waals surface area contributed by atoms with Crippen molar-refractivity contribution in [1.82, 2.24) is 4.83 Å². The lowest BCUT2D eigenvalue weighted by Gasteiger charge is -2.23. The van der Waals surface area contributed by atoms with E-state index in [0.717, 1.165) is 5.56 Å². The Bertz CT molecular complexity index is 706. The Morgan fingerprint density at radius 1 is 1.21 bits per heavy atom. The molecule has 0 aliphatic rings. The van der Waals surface area contributed by atoms with E-state index in [4.69, 9.17) is 9.05 Å². The molecule has 0 aliphatic carbocycles. The molecule has 1 rings (SSSR count). The molecule has 7 nitrogen and oxygen atoms in total. The van der Waals surface area contributed by atoms with Gasteiger partial charge >= 0.3 is 7.60 Å². The zero-order valence-electron chi connectivity index (χ0n) is 14.6. The van der Waals surface area contributed by atoms with Crippen LogP contribution < -0.4 is 4.83 Å². The largest absolute Gasteiger partial charge is 0.339 e. The summed E-state index contributed by atoms with van der Waals surface area (Å²) in [4.78, 5) is 2.27. The van der Waals surface area contributed by atoms with E-state index in [-0.39, 0.29) is 18.1 Å². The second-order valence-corrected chi connectivity index (χ2v) is 9.24. The molecule has 1 atom stereocenters. The Labute approximate surface area is 144 Å². The van der Waals surface area contributed by atoms with E-state index in [1.807, 2.05) is 6.92 Å². The average molecular weight is 376 g/mol. The Kier molecular flexibility index (Phi) is 7.60. The fourth-order valence-corrected chi connectivity index (χ4v) is 4.47. The second kappa shape index (κ2) is 8.76. The molecule has 0 aliphatic heterocycles. The maximum absolute atomic E-state index is 12.7. The normalized spacial score (nSPS) is 14.5. The van der Waals surface area contributed by atoms with Crippen molar-refractivity contribution in [3.63, 3.8) is 0 Å². The van der Waals surface area contributed by atoms with Gasteiger partial charge in [-0.3, -0.25) is 4.57 Å². The number of hydrazone groups is 1. The van der Waals surface area contributed by atoms with Crippen LogP contribution in [-0.4, -0.2) is 33.0 Å². The number of benzene rings is 1. The van der Waals surface area contributed by atoms with Crippen LogP contribution in [0.5, 0.6) is 0 Å². The molecule has 0 radical (unpaired) electrons. The summed E-state index contributed by atoms with van der Waals surface area (Å²) in [6.07, 6.45) is 0. The first-order chi connectivity index (χ1) is 11.2. The van der Waals surface area contributed by atoms with Gasteiger partial charge in [-0.15, -0.1) is 0 Å². The molecule has 0 saturated carbocycles.